The van der Waals surface area contributed by atoms with E-state index in [1.165, 1.54) is 0 Å². The summed E-state index contributed by atoms with van der Waals surface area (Å²) >= 11 is 5.94. The van der Waals surface area contributed by atoms with Crippen molar-refractivity contribution in [2.24, 2.45) is 0 Å². The lowest BCUT2D eigenvalue weighted by Gasteiger charge is -2.19. The van der Waals surface area contributed by atoms with Crippen LogP contribution in [0.4, 0.5) is 0 Å². The van der Waals surface area contributed by atoms with E-state index in [4.69, 9.17) is 11.6 Å². The van der Waals surface area contributed by atoms with Gasteiger partial charge in [0.15, 0.2) is 10.8 Å². The van der Waals surface area contributed by atoms with Gasteiger partial charge in [0, 0.05) is 29.2 Å². The maximum Gasteiger partial charge on any atom is 0.156 e. The number of aliphatic hydroxyl groups excluding tert-OH is 1. The molecular formula is C13H14ClN3O. The summed E-state index contributed by atoms with van der Waals surface area (Å²) in [6.45, 7) is 7.92. The molecule has 1 aliphatic carbocycles. The number of hydrogen-bond donors (Lipinski definition) is 1. The van der Waals surface area contributed by atoms with E-state index in [2.05, 4.69) is 30.5 Å². The van der Waals surface area contributed by atoms with Crippen LogP contribution in [0.5, 0.6) is 0 Å². The predicted octanol–water partition coefficient (Wildman–Crippen LogP) is 3.22. The third kappa shape index (κ3) is 1.45. The maximum absolute atomic E-state index is 9.73. The zero-order valence-corrected chi connectivity index (χ0v) is 11.1. The standard InChI is InChI=1S/C13H14ClN3O/c1-7(18)8-5-13(2,3)12-9(8)6-15-11-4-10(14)16-17(11)12/h4,6,8,18H,1,5H2,2-3H3. The molecule has 0 radical (unpaired) electrons. The number of halogens is 1. The van der Waals surface area contributed by atoms with Gasteiger partial charge in [-0.05, 0) is 6.42 Å². The molecule has 5 heteroatoms. The summed E-state index contributed by atoms with van der Waals surface area (Å²) in [6.07, 6.45) is 2.60. The molecule has 0 aromatic carbocycles. The van der Waals surface area contributed by atoms with Crippen molar-refractivity contribution in [1.29, 1.82) is 0 Å². The van der Waals surface area contributed by atoms with Gasteiger partial charge in [0.2, 0.25) is 0 Å². The van der Waals surface area contributed by atoms with Crippen LogP contribution in [0.3, 0.4) is 0 Å². The number of nitrogens with zero attached hydrogens (tertiary/aromatic N) is 3. The van der Waals surface area contributed by atoms with E-state index >= 15 is 0 Å². The van der Waals surface area contributed by atoms with E-state index in [0.717, 1.165) is 23.3 Å². The lowest BCUT2D eigenvalue weighted by molar-refractivity contribution is 0.349. The average Bonchev–Trinajstić information content (AvgIpc) is 2.75. The van der Waals surface area contributed by atoms with Crippen LogP contribution in [0.25, 0.3) is 5.65 Å². The molecule has 1 aliphatic rings. The second kappa shape index (κ2) is 3.48. The number of allylic oxidation sites excluding steroid dienone is 1. The summed E-state index contributed by atoms with van der Waals surface area (Å²) in [4.78, 5) is 4.34. The van der Waals surface area contributed by atoms with Gasteiger partial charge in [-0.2, -0.15) is 5.10 Å². The van der Waals surface area contributed by atoms with E-state index in [1.54, 1.807) is 16.8 Å². The van der Waals surface area contributed by atoms with Crippen LogP contribution in [0.2, 0.25) is 5.15 Å². The maximum atomic E-state index is 9.73. The highest BCUT2D eigenvalue weighted by Gasteiger charge is 2.41. The first-order valence-corrected chi connectivity index (χ1v) is 6.20. The van der Waals surface area contributed by atoms with E-state index in [9.17, 15) is 5.11 Å². The minimum Gasteiger partial charge on any atom is -0.512 e. The average molecular weight is 264 g/mol. The first-order valence-electron chi connectivity index (χ1n) is 5.82. The molecule has 0 fully saturated rings. The largest absolute Gasteiger partial charge is 0.512 e. The van der Waals surface area contributed by atoms with E-state index in [0.29, 0.717) is 5.15 Å². The summed E-state index contributed by atoms with van der Waals surface area (Å²) in [6, 6.07) is 1.74. The van der Waals surface area contributed by atoms with Crippen molar-refractivity contribution >= 4 is 17.2 Å². The molecule has 1 unspecified atom stereocenters. The van der Waals surface area contributed by atoms with Crippen LogP contribution in [0, 0.1) is 0 Å². The molecule has 2 aromatic heterocycles. The van der Waals surface area contributed by atoms with Gasteiger partial charge in [-0.15, -0.1) is 0 Å². The van der Waals surface area contributed by atoms with E-state index in [-0.39, 0.29) is 17.1 Å². The third-order valence-electron chi connectivity index (χ3n) is 3.62. The normalized spacial score (nSPS) is 21.2. The highest BCUT2D eigenvalue weighted by Crippen LogP contribution is 2.47. The number of aromatic nitrogens is 3. The van der Waals surface area contributed by atoms with E-state index in [1.807, 2.05) is 0 Å². The molecule has 0 aliphatic heterocycles. The lowest BCUT2D eigenvalue weighted by Crippen LogP contribution is -2.17. The molecule has 4 nitrogen and oxygen atoms in total. The van der Waals surface area contributed by atoms with Crippen LogP contribution >= 0.6 is 11.6 Å². The van der Waals surface area contributed by atoms with Crippen molar-refractivity contribution in [3.05, 3.63) is 41.0 Å². The Morgan fingerprint density at radius 2 is 2.33 bits per heavy atom. The number of fused-ring (bicyclic) bond motifs is 3. The Kier molecular flexibility index (Phi) is 2.23. The fraction of sp³-hybridized carbons (Fsp3) is 0.385. The van der Waals surface area contributed by atoms with Crippen molar-refractivity contribution in [2.45, 2.75) is 31.6 Å². The lowest BCUT2D eigenvalue weighted by atomic mass is 9.88. The molecule has 2 heterocycles. The topological polar surface area (TPSA) is 50.4 Å². The molecule has 1 N–H and O–H groups in total. The molecule has 1 atom stereocenters. The van der Waals surface area contributed by atoms with Crippen molar-refractivity contribution in [3.8, 4) is 0 Å². The van der Waals surface area contributed by atoms with Gasteiger partial charge < -0.3 is 5.11 Å². The Bertz CT molecular complexity index is 660. The Balaban J connectivity index is 2.35. The van der Waals surface area contributed by atoms with Crippen LogP contribution in [0.15, 0.2) is 24.6 Å². The van der Waals surface area contributed by atoms with Crippen LogP contribution in [-0.4, -0.2) is 19.7 Å². The Morgan fingerprint density at radius 3 is 3.00 bits per heavy atom. The Hall–Kier alpha value is -1.55. The van der Waals surface area contributed by atoms with Crippen molar-refractivity contribution in [3.63, 3.8) is 0 Å². The molecule has 0 bridgehead atoms. The highest BCUT2D eigenvalue weighted by molar-refractivity contribution is 6.29. The number of rotatable bonds is 1. The smallest absolute Gasteiger partial charge is 0.156 e. The van der Waals surface area contributed by atoms with Crippen molar-refractivity contribution in [2.75, 3.05) is 0 Å². The zero-order chi connectivity index (χ0) is 13.1. The highest BCUT2D eigenvalue weighted by atomic mass is 35.5. The fourth-order valence-electron chi connectivity index (χ4n) is 2.87. The van der Waals surface area contributed by atoms with Crippen molar-refractivity contribution in [1.82, 2.24) is 14.6 Å². The predicted molar refractivity (Wildman–Crippen MR) is 70.1 cm³/mol. The molecule has 18 heavy (non-hydrogen) atoms. The molecule has 0 saturated heterocycles. The summed E-state index contributed by atoms with van der Waals surface area (Å²) in [5, 5.41) is 14.4. The number of hydrogen-bond acceptors (Lipinski definition) is 3. The molecule has 94 valence electrons. The SMILES string of the molecule is C=C(O)C1CC(C)(C)c2c1cnc1cc(Cl)nn21. The first-order chi connectivity index (χ1) is 8.40. The molecule has 3 rings (SSSR count). The molecular weight excluding hydrogens is 250 g/mol. The van der Waals surface area contributed by atoms with Gasteiger partial charge in [-0.1, -0.05) is 32.0 Å². The molecule has 2 aromatic rings. The van der Waals surface area contributed by atoms with E-state index < -0.39 is 0 Å². The second-order valence-electron chi connectivity index (χ2n) is 5.43. The first kappa shape index (κ1) is 11.5. The summed E-state index contributed by atoms with van der Waals surface area (Å²) in [7, 11) is 0. The zero-order valence-electron chi connectivity index (χ0n) is 10.3. The van der Waals surface area contributed by atoms with Gasteiger partial charge in [0.05, 0.1) is 11.5 Å². The Morgan fingerprint density at radius 1 is 1.61 bits per heavy atom. The third-order valence-corrected chi connectivity index (χ3v) is 3.80. The van der Waals surface area contributed by atoms with Gasteiger partial charge in [-0.3, -0.25) is 0 Å². The Labute approximate surface area is 110 Å². The van der Waals surface area contributed by atoms with Gasteiger partial charge in [-0.25, -0.2) is 9.50 Å². The van der Waals surface area contributed by atoms with Gasteiger partial charge in [0.25, 0.3) is 0 Å². The quantitative estimate of drug-likeness (QED) is 0.804. The fourth-order valence-corrected chi connectivity index (χ4v) is 3.04. The van der Waals surface area contributed by atoms with Gasteiger partial charge >= 0.3 is 0 Å². The number of aliphatic hydroxyl groups is 1. The minimum atomic E-state index is -0.0950. The summed E-state index contributed by atoms with van der Waals surface area (Å²) in [5.41, 5.74) is 2.68. The molecule has 0 spiro atoms. The summed E-state index contributed by atoms with van der Waals surface area (Å²) < 4.78 is 1.78. The molecule has 0 amide bonds. The molecule has 0 saturated carbocycles. The van der Waals surface area contributed by atoms with Crippen LogP contribution in [0.1, 0.15) is 37.4 Å². The van der Waals surface area contributed by atoms with Crippen molar-refractivity contribution < 1.29 is 5.11 Å². The summed E-state index contributed by atoms with van der Waals surface area (Å²) in [5.74, 6) is 0.108. The van der Waals surface area contributed by atoms with Crippen LogP contribution in [-0.2, 0) is 5.41 Å². The van der Waals surface area contributed by atoms with Gasteiger partial charge in [0.1, 0.15) is 0 Å². The monoisotopic (exact) mass is 263 g/mol. The minimum absolute atomic E-state index is 0.0742. The van der Waals surface area contributed by atoms with Crippen LogP contribution < -0.4 is 0 Å². The second-order valence-corrected chi connectivity index (χ2v) is 5.82.